The van der Waals surface area contributed by atoms with Crippen molar-refractivity contribution < 1.29 is 4.79 Å². The molecule has 1 amide bonds. The molecule has 0 aliphatic heterocycles. The van der Waals surface area contributed by atoms with Gasteiger partial charge >= 0.3 is 0 Å². The molecule has 8 heteroatoms. The van der Waals surface area contributed by atoms with E-state index < -0.39 is 5.91 Å². The molecule has 0 aliphatic carbocycles. The molecule has 4 heterocycles. The number of amides is 1. The average Bonchev–Trinajstić information content (AvgIpc) is 3.31. The van der Waals surface area contributed by atoms with E-state index in [-0.39, 0.29) is 5.82 Å². The number of carbonyl (C=O) groups is 1. The Morgan fingerprint density at radius 2 is 1.76 bits per heavy atom. The molecule has 8 nitrogen and oxygen atoms in total. The van der Waals surface area contributed by atoms with Gasteiger partial charge in [-0.05, 0) is 32.0 Å². The summed E-state index contributed by atoms with van der Waals surface area (Å²) in [5, 5.41) is 7.26. The highest BCUT2D eigenvalue weighted by atomic mass is 16.2. The molecule has 0 unspecified atom stereocenters. The maximum atomic E-state index is 13.0. The van der Waals surface area contributed by atoms with Crippen molar-refractivity contribution in [3.63, 3.8) is 0 Å². The first-order valence-electron chi connectivity index (χ1n) is 9.15. The number of nitrogens with zero attached hydrogens (tertiary/aromatic N) is 6. The zero-order chi connectivity index (χ0) is 20.0. The molecule has 5 rings (SSSR count). The number of hydrogen-bond donors (Lipinski definition) is 1. The summed E-state index contributed by atoms with van der Waals surface area (Å²) in [5.41, 5.74) is 4.00. The van der Waals surface area contributed by atoms with Gasteiger partial charge in [0, 0.05) is 23.1 Å². The standard InChI is InChI=1S/C21H17N7O/c1-13-12-14(2)28-21(22-13)24-18(26-28)20(29)25-19-17(15-8-4-3-5-9-15)23-16-10-6-7-11-27(16)19/h3-12H,1-2H3,(H,25,29). The van der Waals surface area contributed by atoms with Gasteiger partial charge in [0.25, 0.3) is 11.7 Å². The summed E-state index contributed by atoms with van der Waals surface area (Å²) in [5.74, 6) is 0.595. The number of pyridine rings is 1. The highest BCUT2D eigenvalue weighted by Crippen LogP contribution is 2.28. The molecule has 0 aliphatic rings. The second kappa shape index (κ2) is 6.52. The van der Waals surface area contributed by atoms with Gasteiger partial charge in [-0.3, -0.25) is 9.20 Å². The SMILES string of the molecule is Cc1cc(C)n2nc(C(=O)Nc3c(-c4ccccc4)nc4ccccn34)nc2n1. The van der Waals surface area contributed by atoms with Gasteiger partial charge in [-0.2, -0.15) is 4.98 Å². The number of fused-ring (bicyclic) bond motifs is 2. The lowest BCUT2D eigenvalue weighted by molar-refractivity contribution is 0.101. The van der Waals surface area contributed by atoms with E-state index in [1.165, 1.54) is 0 Å². The zero-order valence-electron chi connectivity index (χ0n) is 15.9. The van der Waals surface area contributed by atoms with Crippen LogP contribution in [0.2, 0.25) is 0 Å². The van der Waals surface area contributed by atoms with Crippen molar-refractivity contribution in [1.82, 2.24) is 29.0 Å². The van der Waals surface area contributed by atoms with Gasteiger partial charge in [0.1, 0.15) is 17.2 Å². The van der Waals surface area contributed by atoms with Crippen molar-refractivity contribution in [2.45, 2.75) is 13.8 Å². The summed E-state index contributed by atoms with van der Waals surface area (Å²) in [6, 6.07) is 17.3. The minimum atomic E-state index is -0.421. The molecule has 0 spiro atoms. The summed E-state index contributed by atoms with van der Waals surface area (Å²) in [7, 11) is 0. The fourth-order valence-corrected chi connectivity index (χ4v) is 3.34. The highest BCUT2D eigenvalue weighted by Gasteiger charge is 2.20. The van der Waals surface area contributed by atoms with Crippen LogP contribution < -0.4 is 5.32 Å². The molecule has 0 saturated carbocycles. The van der Waals surface area contributed by atoms with E-state index in [1.54, 1.807) is 4.52 Å². The van der Waals surface area contributed by atoms with Crippen LogP contribution in [0, 0.1) is 13.8 Å². The first kappa shape index (κ1) is 17.1. The number of rotatable bonds is 3. The van der Waals surface area contributed by atoms with Gasteiger partial charge in [-0.25, -0.2) is 14.5 Å². The van der Waals surface area contributed by atoms with E-state index in [2.05, 4.69) is 25.4 Å². The van der Waals surface area contributed by atoms with E-state index in [0.717, 1.165) is 22.6 Å². The monoisotopic (exact) mass is 383 g/mol. The van der Waals surface area contributed by atoms with E-state index in [4.69, 9.17) is 0 Å². The van der Waals surface area contributed by atoms with Crippen LogP contribution in [-0.2, 0) is 0 Å². The minimum absolute atomic E-state index is 0.0519. The second-order valence-electron chi connectivity index (χ2n) is 6.74. The Labute approximate surface area is 165 Å². The summed E-state index contributed by atoms with van der Waals surface area (Å²) in [4.78, 5) is 26.3. The summed E-state index contributed by atoms with van der Waals surface area (Å²) in [6.07, 6.45) is 1.86. The molecule has 142 valence electrons. The van der Waals surface area contributed by atoms with Gasteiger partial charge in [0.05, 0.1) is 0 Å². The molecule has 29 heavy (non-hydrogen) atoms. The molecule has 0 radical (unpaired) electrons. The molecule has 0 atom stereocenters. The first-order chi connectivity index (χ1) is 14.1. The van der Waals surface area contributed by atoms with Crippen molar-refractivity contribution in [3.05, 3.63) is 78.0 Å². The molecular weight excluding hydrogens is 366 g/mol. The normalized spacial score (nSPS) is 11.2. The largest absolute Gasteiger partial charge is 0.303 e. The maximum absolute atomic E-state index is 13.0. The topological polar surface area (TPSA) is 89.5 Å². The number of anilines is 1. The van der Waals surface area contributed by atoms with Crippen LogP contribution >= 0.6 is 0 Å². The van der Waals surface area contributed by atoms with Gasteiger partial charge < -0.3 is 5.32 Å². The minimum Gasteiger partial charge on any atom is -0.303 e. The number of hydrogen-bond acceptors (Lipinski definition) is 5. The van der Waals surface area contributed by atoms with E-state index in [0.29, 0.717) is 17.3 Å². The lowest BCUT2D eigenvalue weighted by Crippen LogP contribution is -2.16. The Balaban J connectivity index is 1.60. The lowest BCUT2D eigenvalue weighted by atomic mass is 10.1. The Morgan fingerprint density at radius 1 is 0.966 bits per heavy atom. The molecule has 0 saturated heterocycles. The van der Waals surface area contributed by atoms with Crippen molar-refractivity contribution in [2.75, 3.05) is 5.32 Å². The number of benzene rings is 1. The van der Waals surface area contributed by atoms with Crippen molar-refractivity contribution in [1.29, 1.82) is 0 Å². The Hall–Kier alpha value is -4.07. The Kier molecular flexibility index (Phi) is 3.83. The fourth-order valence-electron chi connectivity index (χ4n) is 3.34. The molecular formula is C21H17N7O. The number of carbonyl (C=O) groups excluding carboxylic acids is 1. The van der Waals surface area contributed by atoms with Crippen molar-refractivity contribution in [3.8, 4) is 11.3 Å². The number of imidazole rings is 1. The molecule has 0 fully saturated rings. The highest BCUT2D eigenvalue weighted by molar-refractivity contribution is 6.03. The smallest absolute Gasteiger partial charge is 0.296 e. The van der Waals surface area contributed by atoms with Crippen molar-refractivity contribution >= 4 is 23.1 Å². The molecule has 1 N–H and O–H groups in total. The number of aromatic nitrogens is 6. The third-order valence-corrected chi connectivity index (χ3v) is 4.63. The van der Waals surface area contributed by atoms with E-state index in [1.807, 2.05) is 79.0 Å². The number of nitrogens with one attached hydrogen (secondary N) is 1. The molecule has 4 aromatic heterocycles. The fraction of sp³-hybridized carbons (Fsp3) is 0.0952. The van der Waals surface area contributed by atoms with Crippen LogP contribution in [-0.4, -0.2) is 34.9 Å². The molecule has 1 aromatic carbocycles. The lowest BCUT2D eigenvalue weighted by Gasteiger charge is -2.06. The molecule has 0 bridgehead atoms. The zero-order valence-corrected chi connectivity index (χ0v) is 15.9. The summed E-state index contributed by atoms with van der Waals surface area (Å²) >= 11 is 0. The summed E-state index contributed by atoms with van der Waals surface area (Å²) < 4.78 is 3.40. The Bertz CT molecular complexity index is 1370. The van der Waals surface area contributed by atoms with Gasteiger partial charge in [0.2, 0.25) is 5.82 Å². The quantitative estimate of drug-likeness (QED) is 0.516. The van der Waals surface area contributed by atoms with Gasteiger partial charge in [-0.15, -0.1) is 5.10 Å². The predicted octanol–water partition coefficient (Wildman–Crippen LogP) is 3.31. The summed E-state index contributed by atoms with van der Waals surface area (Å²) in [6.45, 7) is 3.78. The van der Waals surface area contributed by atoms with Crippen LogP contribution in [0.3, 0.4) is 0 Å². The molecule has 5 aromatic rings. The second-order valence-corrected chi connectivity index (χ2v) is 6.74. The Morgan fingerprint density at radius 3 is 2.59 bits per heavy atom. The number of aryl methyl sites for hydroxylation is 2. The maximum Gasteiger partial charge on any atom is 0.296 e. The van der Waals surface area contributed by atoms with Gasteiger partial charge in [0.15, 0.2) is 0 Å². The predicted molar refractivity (Wildman–Crippen MR) is 109 cm³/mol. The third kappa shape index (κ3) is 2.91. The van der Waals surface area contributed by atoms with Crippen LogP contribution in [0.1, 0.15) is 22.0 Å². The van der Waals surface area contributed by atoms with Crippen LogP contribution in [0.4, 0.5) is 5.82 Å². The third-order valence-electron chi connectivity index (χ3n) is 4.63. The first-order valence-corrected chi connectivity index (χ1v) is 9.15. The van der Waals surface area contributed by atoms with Gasteiger partial charge in [-0.1, -0.05) is 36.4 Å². The van der Waals surface area contributed by atoms with E-state index in [9.17, 15) is 4.79 Å². The van der Waals surface area contributed by atoms with Crippen LogP contribution in [0.5, 0.6) is 0 Å². The van der Waals surface area contributed by atoms with Crippen LogP contribution in [0.25, 0.3) is 22.7 Å². The van der Waals surface area contributed by atoms with E-state index >= 15 is 0 Å². The van der Waals surface area contributed by atoms with Crippen LogP contribution in [0.15, 0.2) is 60.8 Å². The van der Waals surface area contributed by atoms with Crippen molar-refractivity contribution in [2.24, 2.45) is 0 Å². The average molecular weight is 383 g/mol.